The molecule has 68 heavy (non-hydrogen) atoms. The van der Waals surface area contributed by atoms with Crippen LogP contribution in [0.3, 0.4) is 0 Å². The van der Waals surface area contributed by atoms with E-state index in [4.69, 9.17) is 14.5 Å². The van der Waals surface area contributed by atoms with Crippen molar-refractivity contribution < 1.29 is 17.9 Å². The van der Waals surface area contributed by atoms with Crippen molar-refractivity contribution in [3.8, 4) is 32.9 Å². The molecule has 0 aliphatic carbocycles. The first-order chi connectivity index (χ1) is 32.9. The van der Waals surface area contributed by atoms with Gasteiger partial charge in [-0.05, 0) is 129 Å². The van der Waals surface area contributed by atoms with Crippen LogP contribution in [0.25, 0.3) is 32.4 Å². The minimum atomic E-state index is -3.22. The second kappa shape index (κ2) is 20.9. The van der Waals surface area contributed by atoms with E-state index in [1.54, 1.807) is 40.5 Å². The number of piperidine rings is 2. The number of fused-ring (bicyclic) bond motifs is 2. The lowest BCUT2D eigenvalue weighted by Crippen LogP contribution is -2.39. The predicted molar refractivity (Wildman–Crippen MR) is 270 cm³/mol. The highest BCUT2D eigenvalue weighted by Gasteiger charge is 2.29. The van der Waals surface area contributed by atoms with E-state index < -0.39 is 9.84 Å². The molecule has 0 bridgehead atoms. The lowest BCUT2D eigenvalue weighted by atomic mass is 9.92. The van der Waals surface area contributed by atoms with E-state index in [2.05, 4.69) is 103 Å². The molecule has 0 N–H and O–H groups in total. The average molecular weight is 993 g/mol. The van der Waals surface area contributed by atoms with Gasteiger partial charge < -0.3 is 19.3 Å². The molecule has 0 amide bonds. The van der Waals surface area contributed by atoms with Crippen molar-refractivity contribution in [3.05, 3.63) is 96.8 Å². The molecule has 356 valence electrons. The minimum absolute atomic E-state index is 0.0411. The van der Waals surface area contributed by atoms with Gasteiger partial charge in [0.2, 0.25) is 21.8 Å². The van der Waals surface area contributed by atoms with Crippen molar-refractivity contribution in [1.29, 1.82) is 0 Å². The van der Waals surface area contributed by atoms with Crippen LogP contribution < -0.4 is 19.3 Å². The second-order valence-corrected chi connectivity index (χ2v) is 22.0. The Hall–Kier alpha value is -5.70. The highest BCUT2D eigenvalue weighted by atomic mass is 32.2. The third-order valence-electron chi connectivity index (χ3n) is 12.8. The third-order valence-corrected chi connectivity index (χ3v) is 16.3. The topological polar surface area (TPSA) is 171 Å². The van der Waals surface area contributed by atoms with Gasteiger partial charge in [-0.1, -0.05) is 38.1 Å². The largest absolute Gasteiger partial charge is 0.466 e. The number of hydrogen-bond acceptors (Lipinski definition) is 17. The van der Waals surface area contributed by atoms with E-state index in [1.807, 2.05) is 41.7 Å². The number of ether oxygens (including phenoxy) is 2. The van der Waals surface area contributed by atoms with Gasteiger partial charge in [-0.25, -0.2) is 47.4 Å². The fourth-order valence-electron chi connectivity index (χ4n) is 8.41. The molecular formula is C48H56N12O4S4. The summed E-state index contributed by atoms with van der Waals surface area (Å²) in [4.78, 5) is 35.1. The van der Waals surface area contributed by atoms with Crippen LogP contribution in [-0.2, 0) is 22.7 Å². The Bertz CT molecular complexity index is 2950. The summed E-state index contributed by atoms with van der Waals surface area (Å²) in [5, 5.41) is 10.4. The molecule has 2 aliphatic rings. The number of aryl methyl sites for hydroxylation is 2. The van der Waals surface area contributed by atoms with Crippen molar-refractivity contribution >= 4 is 66.1 Å². The summed E-state index contributed by atoms with van der Waals surface area (Å²) in [7, 11) is -3.22. The number of imidazole rings is 2. The van der Waals surface area contributed by atoms with Crippen LogP contribution in [0.4, 0.5) is 11.9 Å². The second-order valence-electron chi connectivity index (χ2n) is 17.3. The first kappa shape index (κ1) is 47.4. The quantitative estimate of drug-likeness (QED) is 0.0944. The number of sulfone groups is 1. The van der Waals surface area contributed by atoms with E-state index in [0.717, 1.165) is 115 Å². The maximum atomic E-state index is 11.7. The van der Waals surface area contributed by atoms with Crippen LogP contribution in [-0.4, -0.2) is 108 Å². The van der Waals surface area contributed by atoms with Gasteiger partial charge >= 0.3 is 0 Å². The van der Waals surface area contributed by atoms with Gasteiger partial charge in [-0.15, -0.1) is 22.0 Å². The lowest BCUT2D eigenvalue weighted by molar-refractivity contribution is 0.131. The van der Waals surface area contributed by atoms with Gasteiger partial charge in [-0.3, -0.25) is 0 Å². The average Bonchev–Trinajstić information content (AvgIpc) is 4.15. The van der Waals surface area contributed by atoms with Crippen LogP contribution in [0.15, 0.2) is 95.5 Å². The van der Waals surface area contributed by atoms with E-state index in [1.165, 1.54) is 39.4 Å². The van der Waals surface area contributed by atoms with Crippen LogP contribution in [0.1, 0.15) is 64.5 Å². The highest BCUT2D eigenvalue weighted by Crippen LogP contribution is 2.33. The summed E-state index contributed by atoms with van der Waals surface area (Å²) in [6.07, 6.45) is 21.0. The van der Waals surface area contributed by atoms with Crippen molar-refractivity contribution in [3.63, 3.8) is 0 Å². The zero-order valence-corrected chi connectivity index (χ0v) is 42.4. The molecule has 2 aromatic carbocycles. The van der Waals surface area contributed by atoms with E-state index in [0.29, 0.717) is 22.2 Å². The van der Waals surface area contributed by atoms with E-state index in [-0.39, 0.29) is 17.1 Å². The summed E-state index contributed by atoms with van der Waals surface area (Å²) in [5.41, 5.74) is 5.93. The van der Waals surface area contributed by atoms with Crippen molar-refractivity contribution in [1.82, 2.24) is 49.1 Å². The SMILES string of the molecule is CCc1cnc(N2CCC([C@H](C)Oc3nn4cc(-c5ccc(S(C)(=O)=O)cc5)nc4s3)CC2)nc1.CCc1cnc(N2CCC([C@H](C)Oc3nn4cc(-c5ccc(SC)cc5)nc4s3)CC2)nc1. The number of aromatic nitrogens is 10. The molecule has 8 aromatic rings. The molecule has 8 heterocycles. The van der Waals surface area contributed by atoms with E-state index in [9.17, 15) is 8.42 Å². The molecular weight excluding hydrogens is 937 g/mol. The van der Waals surface area contributed by atoms with Crippen molar-refractivity contribution in [2.75, 3.05) is 48.5 Å². The molecule has 2 fully saturated rings. The summed E-state index contributed by atoms with van der Waals surface area (Å²) in [6.45, 7) is 12.2. The number of anilines is 2. The van der Waals surface area contributed by atoms with Gasteiger partial charge in [0.25, 0.3) is 10.4 Å². The van der Waals surface area contributed by atoms with Gasteiger partial charge in [-0.2, -0.15) is 0 Å². The smallest absolute Gasteiger partial charge is 0.294 e. The van der Waals surface area contributed by atoms with E-state index >= 15 is 0 Å². The summed E-state index contributed by atoms with van der Waals surface area (Å²) in [5.74, 6) is 2.55. The molecule has 20 heteroatoms. The van der Waals surface area contributed by atoms with Crippen LogP contribution in [0.5, 0.6) is 10.4 Å². The molecule has 0 unspecified atom stereocenters. The molecule has 6 aromatic heterocycles. The maximum absolute atomic E-state index is 11.7. The maximum Gasteiger partial charge on any atom is 0.294 e. The Morgan fingerprint density at radius 1 is 0.647 bits per heavy atom. The molecule has 0 saturated carbocycles. The van der Waals surface area contributed by atoms with Gasteiger partial charge in [0, 0.05) is 73.2 Å². The lowest BCUT2D eigenvalue weighted by Gasteiger charge is -2.34. The number of benzene rings is 2. The Morgan fingerprint density at radius 2 is 1.04 bits per heavy atom. The number of rotatable bonds is 14. The van der Waals surface area contributed by atoms with Crippen molar-refractivity contribution in [2.24, 2.45) is 11.8 Å². The number of thioether (sulfide) groups is 1. The highest BCUT2D eigenvalue weighted by molar-refractivity contribution is 7.98. The molecule has 16 nitrogen and oxygen atoms in total. The molecule has 2 aliphatic heterocycles. The standard InChI is InChI=1S/C24H28N6O3S2.C24H28N6OS2/c1-4-17-13-25-22(26-14-17)29-11-9-18(10-12-29)16(2)33-24-28-30-15-21(27-23(30)34-24)19-5-7-20(8-6-19)35(3,31)32;1-4-17-13-25-22(26-14-17)29-11-9-18(10-12-29)16(2)31-24-28-30-15-21(27-23(30)33-24)19-5-7-20(32-3)8-6-19/h5-8,13-16,18H,4,9-12H2,1-3H3;5-8,13-16,18H,4,9-12H2,1-3H3/t2*16-/m00/s1. The van der Waals surface area contributed by atoms with Gasteiger partial charge in [0.1, 0.15) is 12.2 Å². The molecule has 0 radical (unpaired) electrons. The van der Waals surface area contributed by atoms with Crippen LogP contribution >= 0.6 is 34.4 Å². The zero-order valence-electron chi connectivity index (χ0n) is 39.1. The Morgan fingerprint density at radius 3 is 1.40 bits per heavy atom. The Labute approximate surface area is 409 Å². The van der Waals surface area contributed by atoms with Crippen molar-refractivity contribution in [2.45, 2.75) is 88.2 Å². The molecule has 2 atom stereocenters. The van der Waals surface area contributed by atoms with Crippen LogP contribution in [0, 0.1) is 11.8 Å². The monoisotopic (exact) mass is 992 g/mol. The zero-order chi connectivity index (χ0) is 47.4. The number of nitrogens with zero attached hydrogens (tertiary/aromatic N) is 12. The first-order valence-electron chi connectivity index (χ1n) is 23.0. The Kier molecular flexibility index (Phi) is 14.6. The van der Waals surface area contributed by atoms with Crippen LogP contribution in [0.2, 0.25) is 0 Å². The number of hydrogen-bond donors (Lipinski definition) is 0. The van der Waals surface area contributed by atoms with Gasteiger partial charge in [0.15, 0.2) is 9.84 Å². The molecule has 2 saturated heterocycles. The fourth-order valence-corrected chi connectivity index (χ4v) is 11.1. The fraction of sp³-hybridized carbons (Fsp3) is 0.417. The molecule has 10 rings (SSSR count). The predicted octanol–water partition coefficient (Wildman–Crippen LogP) is 9.11. The minimum Gasteiger partial charge on any atom is -0.466 e. The molecule has 0 spiro atoms. The normalized spacial score (nSPS) is 15.9. The first-order valence-corrected chi connectivity index (χ1v) is 27.8. The summed E-state index contributed by atoms with van der Waals surface area (Å²) < 4.78 is 39.3. The summed E-state index contributed by atoms with van der Waals surface area (Å²) >= 11 is 4.64. The van der Waals surface area contributed by atoms with Gasteiger partial charge in [0.05, 0.1) is 28.7 Å². The Balaban J connectivity index is 0.000000170. The third kappa shape index (κ3) is 11.1. The summed E-state index contributed by atoms with van der Waals surface area (Å²) in [6, 6.07) is 15.2.